The first-order valence-electron chi connectivity index (χ1n) is 8.62. The van der Waals surface area contributed by atoms with Crippen LogP contribution in [0.5, 0.6) is 5.75 Å². The van der Waals surface area contributed by atoms with Crippen molar-refractivity contribution >= 4 is 5.91 Å². The van der Waals surface area contributed by atoms with E-state index in [4.69, 9.17) is 4.74 Å². The van der Waals surface area contributed by atoms with Crippen molar-refractivity contribution in [3.8, 4) is 5.75 Å². The molecule has 1 rings (SSSR count). The van der Waals surface area contributed by atoms with E-state index in [1.54, 1.807) is 0 Å². The second-order valence-corrected chi connectivity index (χ2v) is 7.10. The van der Waals surface area contributed by atoms with Crippen LogP contribution in [-0.4, -0.2) is 39.2 Å². The van der Waals surface area contributed by atoms with E-state index in [9.17, 15) is 4.79 Å². The van der Waals surface area contributed by atoms with Crippen LogP contribution in [0.4, 0.5) is 0 Å². The zero-order valence-corrected chi connectivity index (χ0v) is 15.5. The van der Waals surface area contributed by atoms with Gasteiger partial charge in [0.15, 0.2) is 0 Å². The van der Waals surface area contributed by atoms with Gasteiger partial charge in [0.1, 0.15) is 5.75 Å². The number of ether oxygens (including phenoxy) is 1. The molecule has 0 unspecified atom stereocenters. The zero-order chi connectivity index (χ0) is 17.4. The molecule has 0 spiro atoms. The predicted octanol–water partition coefficient (Wildman–Crippen LogP) is 1.86. The summed E-state index contributed by atoms with van der Waals surface area (Å²) in [4.78, 5) is 13.5. The molecule has 1 aromatic carbocycles. The highest BCUT2D eigenvalue weighted by Gasteiger charge is 2.19. The second-order valence-electron chi connectivity index (χ2n) is 7.10. The van der Waals surface area contributed by atoms with Gasteiger partial charge in [-0.25, -0.2) is 0 Å². The van der Waals surface area contributed by atoms with Crippen molar-refractivity contribution < 1.29 is 14.4 Å². The summed E-state index contributed by atoms with van der Waals surface area (Å²) in [6.45, 7) is 10.0. The number of rotatable bonds is 9. The molecule has 130 valence electrons. The highest BCUT2D eigenvalue weighted by atomic mass is 16.5. The van der Waals surface area contributed by atoms with Gasteiger partial charge in [-0.2, -0.15) is 0 Å². The SMILES string of the molecule is CC(C)Oc1ccc([C@H](CC(=O)NCC[NH+](C)C)C(C)C)cc1. The highest BCUT2D eigenvalue weighted by Crippen LogP contribution is 2.29. The number of amides is 1. The average molecular weight is 321 g/mol. The Hall–Kier alpha value is -1.55. The largest absolute Gasteiger partial charge is 0.491 e. The van der Waals surface area contributed by atoms with Crippen LogP contribution >= 0.6 is 0 Å². The standard InChI is InChI=1S/C19H32N2O2/c1-14(2)18(13-19(22)20-11-12-21(5)6)16-7-9-17(10-8-16)23-15(3)4/h7-10,14-15,18H,11-13H2,1-6H3,(H,20,22)/p+1/t18-/m1/s1. The lowest BCUT2D eigenvalue weighted by molar-refractivity contribution is -0.856. The number of hydrogen-bond donors (Lipinski definition) is 2. The molecule has 0 fully saturated rings. The third-order valence-corrected chi connectivity index (χ3v) is 3.84. The topological polar surface area (TPSA) is 42.8 Å². The molecule has 23 heavy (non-hydrogen) atoms. The Kier molecular flexibility index (Phi) is 8.10. The van der Waals surface area contributed by atoms with E-state index in [2.05, 4.69) is 45.4 Å². The first kappa shape index (κ1) is 19.5. The summed E-state index contributed by atoms with van der Waals surface area (Å²) in [6.07, 6.45) is 0.705. The van der Waals surface area contributed by atoms with E-state index in [0.29, 0.717) is 12.3 Å². The van der Waals surface area contributed by atoms with Crippen LogP contribution in [0.2, 0.25) is 0 Å². The molecule has 0 saturated carbocycles. The van der Waals surface area contributed by atoms with Gasteiger partial charge in [-0.05, 0) is 43.4 Å². The number of likely N-dealkylation sites (N-methyl/N-ethyl adjacent to an activating group) is 1. The molecule has 1 amide bonds. The summed E-state index contributed by atoms with van der Waals surface area (Å²) in [5.74, 6) is 1.66. The molecule has 1 aromatic rings. The normalized spacial score (nSPS) is 12.7. The molecule has 4 heteroatoms. The minimum Gasteiger partial charge on any atom is -0.491 e. The van der Waals surface area contributed by atoms with Gasteiger partial charge in [0.25, 0.3) is 0 Å². The van der Waals surface area contributed by atoms with Crippen LogP contribution in [0, 0.1) is 5.92 Å². The van der Waals surface area contributed by atoms with Crippen LogP contribution in [0.25, 0.3) is 0 Å². The lowest BCUT2D eigenvalue weighted by atomic mass is 9.85. The maximum atomic E-state index is 12.2. The predicted molar refractivity (Wildman–Crippen MR) is 95.1 cm³/mol. The highest BCUT2D eigenvalue weighted by molar-refractivity contribution is 5.76. The quantitative estimate of drug-likeness (QED) is 0.729. The molecule has 0 aliphatic rings. The van der Waals surface area contributed by atoms with Gasteiger partial charge in [-0.15, -0.1) is 0 Å². The van der Waals surface area contributed by atoms with Crippen molar-refractivity contribution in [2.45, 2.75) is 46.1 Å². The van der Waals surface area contributed by atoms with E-state index >= 15 is 0 Å². The third-order valence-electron chi connectivity index (χ3n) is 3.84. The van der Waals surface area contributed by atoms with Crippen molar-refractivity contribution in [1.29, 1.82) is 0 Å². The number of nitrogens with one attached hydrogen (secondary N) is 2. The Morgan fingerprint density at radius 1 is 1.13 bits per heavy atom. The van der Waals surface area contributed by atoms with Gasteiger partial charge < -0.3 is 15.0 Å². The van der Waals surface area contributed by atoms with E-state index in [1.807, 2.05) is 26.0 Å². The summed E-state index contributed by atoms with van der Waals surface area (Å²) in [6, 6.07) is 8.16. The van der Waals surface area contributed by atoms with E-state index < -0.39 is 0 Å². The summed E-state index contributed by atoms with van der Waals surface area (Å²) in [5.41, 5.74) is 1.20. The molecule has 0 heterocycles. The Morgan fingerprint density at radius 2 is 1.74 bits per heavy atom. The smallest absolute Gasteiger partial charge is 0.220 e. The zero-order valence-electron chi connectivity index (χ0n) is 15.5. The molecule has 0 bridgehead atoms. The Bertz CT molecular complexity index is 467. The number of carbonyl (C=O) groups is 1. The maximum Gasteiger partial charge on any atom is 0.220 e. The van der Waals surface area contributed by atoms with Gasteiger partial charge in [-0.1, -0.05) is 26.0 Å². The third kappa shape index (κ3) is 7.51. The molecule has 0 aliphatic heterocycles. The van der Waals surface area contributed by atoms with Crippen molar-refractivity contribution in [3.05, 3.63) is 29.8 Å². The van der Waals surface area contributed by atoms with Crippen molar-refractivity contribution in [2.24, 2.45) is 5.92 Å². The van der Waals surface area contributed by atoms with Crippen LogP contribution in [-0.2, 0) is 4.79 Å². The van der Waals surface area contributed by atoms with Crippen LogP contribution in [0.3, 0.4) is 0 Å². The molecule has 1 atom stereocenters. The summed E-state index contributed by atoms with van der Waals surface area (Å²) in [7, 11) is 4.17. The monoisotopic (exact) mass is 321 g/mol. The lowest BCUT2D eigenvalue weighted by Gasteiger charge is -2.21. The molecule has 0 aliphatic carbocycles. The van der Waals surface area contributed by atoms with Crippen LogP contribution < -0.4 is 15.0 Å². The molecule has 2 N–H and O–H groups in total. The fourth-order valence-corrected chi connectivity index (χ4v) is 2.53. The van der Waals surface area contributed by atoms with Gasteiger partial charge in [0, 0.05) is 6.42 Å². The summed E-state index contributed by atoms with van der Waals surface area (Å²) < 4.78 is 5.68. The van der Waals surface area contributed by atoms with E-state index in [-0.39, 0.29) is 17.9 Å². The fourth-order valence-electron chi connectivity index (χ4n) is 2.53. The number of carbonyl (C=O) groups excluding carboxylic acids is 1. The molecular formula is C19H33N2O2+. The first-order valence-corrected chi connectivity index (χ1v) is 8.62. The van der Waals surface area contributed by atoms with Gasteiger partial charge in [0.05, 0.1) is 33.3 Å². The molecule has 0 aromatic heterocycles. The number of hydrogen-bond acceptors (Lipinski definition) is 2. The first-order chi connectivity index (χ1) is 10.8. The minimum absolute atomic E-state index is 0.132. The van der Waals surface area contributed by atoms with Crippen LogP contribution in [0.15, 0.2) is 24.3 Å². The number of quaternary nitrogens is 1. The number of benzene rings is 1. The van der Waals surface area contributed by atoms with Gasteiger partial charge in [0.2, 0.25) is 5.91 Å². The van der Waals surface area contributed by atoms with Crippen LogP contribution in [0.1, 0.15) is 45.6 Å². The maximum absolute atomic E-state index is 12.2. The minimum atomic E-state index is 0.132. The lowest BCUT2D eigenvalue weighted by Crippen LogP contribution is -3.06. The van der Waals surface area contributed by atoms with Gasteiger partial charge in [-0.3, -0.25) is 4.79 Å². The Labute approximate surface area is 141 Å². The Morgan fingerprint density at radius 3 is 2.22 bits per heavy atom. The molecular weight excluding hydrogens is 288 g/mol. The summed E-state index contributed by atoms with van der Waals surface area (Å²) in [5, 5.41) is 3.02. The molecule has 0 radical (unpaired) electrons. The van der Waals surface area contributed by atoms with Crippen molar-refractivity contribution in [1.82, 2.24) is 5.32 Å². The van der Waals surface area contributed by atoms with Gasteiger partial charge >= 0.3 is 0 Å². The van der Waals surface area contributed by atoms with Crippen molar-refractivity contribution in [2.75, 3.05) is 27.2 Å². The molecule has 4 nitrogen and oxygen atoms in total. The van der Waals surface area contributed by atoms with E-state index in [0.717, 1.165) is 18.8 Å². The molecule has 0 saturated heterocycles. The average Bonchev–Trinajstić information content (AvgIpc) is 2.44. The fraction of sp³-hybridized carbons (Fsp3) is 0.632. The summed E-state index contributed by atoms with van der Waals surface area (Å²) >= 11 is 0. The van der Waals surface area contributed by atoms with Crippen molar-refractivity contribution in [3.63, 3.8) is 0 Å². The Balaban J connectivity index is 2.65. The second kappa shape index (κ2) is 9.56. The van der Waals surface area contributed by atoms with E-state index in [1.165, 1.54) is 10.5 Å².